The summed E-state index contributed by atoms with van der Waals surface area (Å²) in [7, 11) is 1.64. The van der Waals surface area contributed by atoms with Gasteiger partial charge in [0.25, 0.3) is 0 Å². The fraction of sp³-hybridized carbons (Fsp3) is 0.400. The van der Waals surface area contributed by atoms with E-state index in [1.807, 2.05) is 31.2 Å². The molecule has 0 fully saturated rings. The first-order valence-electron chi connectivity index (χ1n) is 4.14. The van der Waals surface area contributed by atoms with Crippen molar-refractivity contribution in [2.24, 2.45) is 0 Å². The molecule has 1 unspecified atom stereocenters. The van der Waals surface area contributed by atoms with E-state index in [9.17, 15) is 0 Å². The highest BCUT2D eigenvalue weighted by atomic mass is 79.9. The molecular weight excluding hydrogens is 232 g/mol. The highest BCUT2D eigenvalue weighted by Gasteiger charge is 2.03. The molecule has 0 N–H and O–H groups in total. The molecule has 13 heavy (non-hydrogen) atoms. The van der Waals surface area contributed by atoms with Crippen LogP contribution in [0.5, 0.6) is 11.5 Å². The Balaban J connectivity index is 2.64. The van der Waals surface area contributed by atoms with Gasteiger partial charge < -0.3 is 9.47 Å². The Morgan fingerprint density at radius 2 is 1.92 bits per heavy atom. The third kappa shape index (κ3) is 3.27. The number of methoxy groups -OCH3 is 1. The molecule has 0 radical (unpaired) electrons. The van der Waals surface area contributed by atoms with Crippen LogP contribution in [-0.2, 0) is 0 Å². The molecule has 3 heteroatoms. The van der Waals surface area contributed by atoms with Gasteiger partial charge in [-0.1, -0.05) is 28.1 Å². The van der Waals surface area contributed by atoms with Crippen LogP contribution in [0.25, 0.3) is 0 Å². The normalized spacial score (nSPS) is 12.2. The minimum absolute atomic E-state index is 0.345. The summed E-state index contributed by atoms with van der Waals surface area (Å²) >= 11 is 3.41. The maximum absolute atomic E-state index is 5.52. The Kier molecular flexibility index (Phi) is 4.09. The molecule has 1 aromatic carbocycles. The summed E-state index contributed by atoms with van der Waals surface area (Å²) in [6, 6.07) is 7.63. The molecular formula is C10H13BrO2. The van der Waals surface area contributed by atoms with Crippen molar-refractivity contribution in [1.82, 2.24) is 0 Å². The molecule has 1 aromatic rings. The monoisotopic (exact) mass is 244 g/mol. The standard InChI is InChI=1S/C10H13BrO2/c1-8(11)7-13-10-6-4-3-5-9(10)12-2/h3-6,8H,7H2,1-2H3. The second-order valence-corrected chi connectivity index (χ2v) is 4.31. The van der Waals surface area contributed by atoms with E-state index in [-0.39, 0.29) is 0 Å². The number of hydrogen-bond donors (Lipinski definition) is 0. The molecule has 2 nitrogen and oxygen atoms in total. The predicted molar refractivity (Wildman–Crippen MR) is 56.9 cm³/mol. The quantitative estimate of drug-likeness (QED) is 0.759. The first kappa shape index (κ1) is 10.4. The molecule has 0 aromatic heterocycles. The van der Waals surface area contributed by atoms with Crippen LogP contribution < -0.4 is 9.47 Å². The van der Waals surface area contributed by atoms with Crippen LogP contribution >= 0.6 is 15.9 Å². The maximum atomic E-state index is 5.52. The smallest absolute Gasteiger partial charge is 0.161 e. The van der Waals surface area contributed by atoms with Crippen molar-refractivity contribution in [2.45, 2.75) is 11.8 Å². The van der Waals surface area contributed by atoms with Crippen LogP contribution in [0.15, 0.2) is 24.3 Å². The van der Waals surface area contributed by atoms with Gasteiger partial charge in [0.2, 0.25) is 0 Å². The molecule has 0 amide bonds. The zero-order valence-electron chi connectivity index (χ0n) is 7.79. The molecule has 72 valence electrons. The van der Waals surface area contributed by atoms with Crippen molar-refractivity contribution in [3.05, 3.63) is 24.3 Å². The van der Waals surface area contributed by atoms with Crippen LogP contribution in [0.2, 0.25) is 0 Å². The van der Waals surface area contributed by atoms with E-state index in [0.717, 1.165) is 11.5 Å². The largest absolute Gasteiger partial charge is 0.493 e. The van der Waals surface area contributed by atoms with Gasteiger partial charge in [-0.15, -0.1) is 0 Å². The average Bonchev–Trinajstić information content (AvgIpc) is 2.15. The van der Waals surface area contributed by atoms with E-state index in [4.69, 9.17) is 9.47 Å². The SMILES string of the molecule is COc1ccccc1OCC(C)Br. The Labute approximate surface area is 87.0 Å². The number of benzene rings is 1. The van der Waals surface area contributed by atoms with Gasteiger partial charge in [-0.25, -0.2) is 0 Å². The van der Waals surface area contributed by atoms with Gasteiger partial charge in [-0.3, -0.25) is 0 Å². The van der Waals surface area contributed by atoms with Gasteiger partial charge in [0, 0.05) is 4.83 Å². The minimum atomic E-state index is 0.345. The molecule has 0 aliphatic heterocycles. The van der Waals surface area contributed by atoms with E-state index in [2.05, 4.69) is 15.9 Å². The Morgan fingerprint density at radius 1 is 1.31 bits per heavy atom. The number of halogens is 1. The summed E-state index contributed by atoms with van der Waals surface area (Å²) in [6.45, 7) is 2.68. The van der Waals surface area contributed by atoms with Gasteiger partial charge in [-0.2, -0.15) is 0 Å². The number of alkyl halides is 1. The number of para-hydroxylation sites is 2. The molecule has 0 aliphatic rings. The molecule has 0 saturated heterocycles. The van der Waals surface area contributed by atoms with Gasteiger partial charge in [0.05, 0.1) is 7.11 Å². The second-order valence-electron chi connectivity index (χ2n) is 2.74. The van der Waals surface area contributed by atoms with Crippen LogP contribution in [0.3, 0.4) is 0 Å². The lowest BCUT2D eigenvalue weighted by molar-refractivity contribution is 0.299. The highest BCUT2D eigenvalue weighted by Crippen LogP contribution is 2.25. The first-order chi connectivity index (χ1) is 6.24. The van der Waals surface area contributed by atoms with Crippen molar-refractivity contribution in [1.29, 1.82) is 0 Å². The number of ether oxygens (including phenoxy) is 2. The zero-order chi connectivity index (χ0) is 9.68. The van der Waals surface area contributed by atoms with Crippen molar-refractivity contribution in [3.8, 4) is 11.5 Å². The Hall–Kier alpha value is -0.700. The second kappa shape index (κ2) is 5.12. The molecule has 1 atom stereocenters. The summed E-state index contributed by atoms with van der Waals surface area (Å²) in [5, 5.41) is 0. The van der Waals surface area contributed by atoms with E-state index >= 15 is 0 Å². The van der Waals surface area contributed by atoms with E-state index < -0.39 is 0 Å². The zero-order valence-corrected chi connectivity index (χ0v) is 9.37. The molecule has 0 aliphatic carbocycles. The van der Waals surface area contributed by atoms with Crippen molar-refractivity contribution in [3.63, 3.8) is 0 Å². The van der Waals surface area contributed by atoms with Crippen LogP contribution in [0.4, 0.5) is 0 Å². The first-order valence-corrected chi connectivity index (χ1v) is 5.05. The molecule has 1 rings (SSSR count). The summed E-state index contributed by atoms with van der Waals surface area (Å²) in [5.74, 6) is 1.56. The molecule has 0 bridgehead atoms. The van der Waals surface area contributed by atoms with E-state index in [1.54, 1.807) is 7.11 Å². The predicted octanol–water partition coefficient (Wildman–Crippen LogP) is 2.86. The van der Waals surface area contributed by atoms with Gasteiger partial charge in [0.15, 0.2) is 11.5 Å². The summed E-state index contributed by atoms with van der Waals surface area (Å²) < 4.78 is 10.7. The van der Waals surface area contributed by atoms with Gasteiger partial charge >= 0.3 is 0 Å². The lowest BCUT2D eigenvalue weighted by Crippen LogP contribution is -2.07. The summed E-state index contributed by atoms with van der Waals surface area (Å²) in [5.41, 5.74) is 0. The Morgan fingerprint density at radius 3 is 2.46 bits per heavy atom. The van der Waals surface area contributed by atoms with Crippen molar-refractivity contribution in [2.75, 3.05) is 13.7 Å². The molecule has 0 heterocycles. The van der Waals surface area contributed by atoms with Gasteiger partial charge in [0.1, 0.15) is 6.61 Å². The third-order valence-corrected chi connectivity index (χ3v) is 1.80. The summed E-state index contributed by atoms with van der Waals surface area (Å²) in [6.07, 6.45) is 0. The summed E-state index contributed by atoms with van der Waals surface area (Å²) in [4.78, 5) is 0.345. The number of hydrogen-bond acceptors (Lipinski definition) is 2. The minimum Gasteiger partial charge on any atom is -0.493 e. The number of rotatable bonds is 4. The van der Waals surface area contributed by atoms with Crippen LogP contribution in [0, 0.1) is 0 Å². The molecule has 0 spiro atoms. The third-order valence-electron chi connectivity index (χ3n) is 1.54. The topological polar surface area (TPSA) is 18.5 Å². The fourth-order valence-electron chi connectivity index (χ4n) is 0.943. The lowest BCUT2D eigenvalue weighted by Gasteiger charge is -2.10. The fourth-order valence-corrected chi connectivity index (χ4v) is 1.07. The van der Waals surface area contributed by atoms with Crippen LogP contribution in [-0.4, -0.2) is 18.5 Å². The van der Waals surface area contributed by atoms with E-state index in [0.29, 0.717) is 11.4 Å². The molecule has 0 saturated carbocycles. The average molecular weight is 245 g/mol. The van der Waals surface area contributed by atoms with Crippen LogP contribution in [0.1, 0.15) is 6.92 Å². The highest BCUT2D eigenvalue weighted by molar-refractivity contribution is 9.09. The Bertz CT molecular complexity index is 261. The van der Waals surface area contributed by atoms with Crippen molar-refractivity contribution >= 4 is 15.9 Å². The lowest BCUT2D eigenvalue weighted by atomic mass is 10.3. The van der Waals surface area contributed by atoms with E-state index in [1.165, 1.54) is 0 Å². The van der Waals surface area contributed by atoms with Gasteiger partial charge in [-0.05, 0) is 19.1 Å². The van der Waals surface area contributed by atoms with Crippen molar-refractivity contribution < 1.29 is 9.47 Å². The maximum Gasteiger partial charge on any atom is 0.161 e.